The molecule has 5 nitrogen and oxygen atoms in total. The van der Waals surface area contributed by atoms with Crippen molar-refractivity contribution in [3.63, 3.8) is 0 Å². The number of hydrogen-bond donors (Lipinski definition) is 2. The largest absolute Gasteiger partial charge is 0.396 e. The maximum atomic E-state index is 12.1. The van der Waals surface area contributed by atoms with Crippen LogP contribution in [-0.2, 0) is 4.79 Å². The van der Waals surface area contributed by atoms with E-state index >= 15 is 0 Å². The summed E-state index contributed by atoms with van der Waals surface area (Å²) in [5, 5.41) is 17.5. The van der Waals surface area contributed by atoms with Gasteiger partial charge in [0.25, 0.3) is 0 Å². The molecular weight excluding hydrogens is 302 g/mol. The Morgan fingerprint density at radius 2 is 2.08 bits per heavy atom. The van der Waals surface area contributed by atoms with E-state index in [1.54, 1.807) is 6.92 Å². The number of nitrogens with one attached hydrogen (secondary N) is 1. The van der Waals surface area contributed by atoms with E-state index in [4.69, 9.17) is 5.11 Å². The molecule has 2 aromatic carbocycles. The van der Waals surface area contributed by atoms with E-state index in [9.17, 15) is 4.79 Å². The fraction of sp³-hybridized carbons (Fsp3) is 0.263. The number of aryl methyl sites for hydroxylation is 2. The van der Waals surface area contributed by atoms with Crippen molar-refractivity contribution in [2.45, 2.75) is 20.8 Å². The molecule has 0 aliphatic carbocycles. The van der Waals surface area contributed by atoms with Crippen LogP contribution in [0.1, 0.15) is 18.1 Å². The van der Waals surface area contributed by atoms with Crippen molar-refractivity contribution in [3.8, 4) is 5.69 Å². The minimum atomic E-state index is -0.443. The van der Waals surface area contributed by atoms with Gasteiger partial charge >= 0.3 is 0 Å². The average Bonchev–Trinajstić information content (AvgIpc) is 2.97. The van der Waals surface area contributed by atoms with Crippen LogP contribution < -0.4 is 5.32 Å². The third-order valence-electron chi connectivity index (χ3n) is 4.14. The van der Waals surface area contributed by atoms with Gasteiger partial charge in [-0.25, -0.2) is 4.68 Å². The molecule has 1 heterocycles. The van der Waals surface area contributed by atoms with Crippen molar-refractivity contribution in [2.75, 3.05) is 11.9 Å². The van der Waals surface area contributed by atoms with E-state index in [1.807, 2.05) is 55.1 Å². The summed E-state index contributed by atoms with van der Waals surface area (Å²) in [5.41, 5.74) is 4.77. The van der Waals surface area contributed by atoms with Crippen molar-refractivity contribution in [1.29, 1.82) is 0 Å². The fourth-order valence-corrected chi connectivity index (χ4v) is 2.63. The van der Waals surface area contributed by atoms with Crippen LogP contribution in [0.25, 0.3) is 16.6 Å². The first-order valence-corrected chi connectivity index (χ1v) is 7.96. The van der Waals surface area contributed by atoms with E-state index in [0.717, 1.165) is 33.4 Å². The summed E-state index contributed by atoms with van der Waals surface area (Å²) < 4.78 is 1.87. The van der Waals surface area contributed by atoms with Gasteiger partial charge in [-0.05, 0) is 49.2 Å². The van der Waals surface area contributed by atoms with E-state index in [0.29, 0.717) is 0 Å². The standard InChI is InChI=1S/C19H21N3O2/c1-12-5-4-6-16(7-12)22-18-9-17(21-19(24)14(3)11-23)13(2)8-15(18)10-20-22/h4-10,14,23H,11H2,1-3H3,(H,21,24)/t14-/m0/s1. The predicted molar refractivity (Wildman–Crippen MR) is 95.4 cm³/mol. The number of hydrogen-bond acceptors (Lipinski definition) is 3. The summed E-state index contributed by atoms with van der Waals surface area (Å²) in [7, 11) is 0. The fourth-order valence-electron chi connectivity index (χ4n) is 2.63. The minimum absolute atomic E-state index is 0.172. The molecule has 1 aromatic heterocycles. The van der Waals surface area contributed by atoms with Crippen LogP contribution in [0.15, 0.2) is 42.6 Å². The third kappa shape index (κ3) is 3.03. The molecule has 0 saturated heterocycles. The second-order valence-electron chi connectivity index (χ2n) is 6.19. The van der Waals surface area contributed by atoms with Crippen LogP contribution in [0.2, 0.25) is 0 Å². The monoisotopic (exact) mass is 323 g/mol. The molecule has 0 saturated carbocycles. The van der Waals surface area contributed by atoms with Crippen LogP contribution in [0.4, 0.5) is 5.69 Å². The normalized spacial score (nSPS) is 12.3. The zero-order valence-corrected chi connectivity index (χ0v) is 14.1. The molecule has 3 rings (SSSR count). The highest BCUT2D eigenvalue weighted by molar-refractivity contribution is 5.96. The molecule has 1 atom stereocenters. The second-order valence-corrected chi connectivity index (χ2v) is 6.19. The number of benzene rings is 2. The molecule has 0 aliphatic heterocycles. The quantitative estimate of drug-likeness (QED) is 0.775. The number of aliphatic hydroxyl groups excluding tert-OH is 1. The molecule has 124 valence electrons. The SMILES string of the molecule is Cc1cccc(-n2ncc3cc(C)c(NC(=O)[C@@H](C)CO)cc32)c1. The predicted octanol–water partition coefficient (Wildman–Crippen LogP) is 3.21. The summed E-state index contributed by atoms with van der Waals surface area (Å²) in [5.74, 6) is -0.636. The Hall–Kier alpha value is -2.66. The summed E-state index contributed by atoms with van der Waals surface area (Å²) in [6.45, 7) is 5.51. The second kappa shape index (κ2) is 6.45. The maximum Gasteiger partial charge on any atom is 0.229 e. The molecule has 2 N–H and O–H groups in total. The number of aromatic nitrogens is 2. The van der Waals surface area contributed by atoms with Gasteiger partial charge in [0.1, 0.15) is 0 Å². The Bertz CT molecular complexity index is 899. The van der Waals surface area contributed by atoms with E-state index < -0.39 is 5.92 Å². The van der Waals surface area contributed by atoms with Crippen molar-refractivity contribution in [3.05, 3.63) is 53.7 Å². The zero-order valence-electron chi connectivity index (χ0n) is 14.1. The molecule has 0 bridgehead atoms. The lowest BCUT2D eigenvalue weighted by Gasteiger charge is -2.13. The van der Waals surface area contributed by atoms with Gasteiger partial charge in [-0.1, -0.05) is 19.1 Å². The number of fused-ring (bicyclic) bond motifs is 1. The van der Waals surface area contributed by atoms with Crippen LogP contribution in [0.3, 0.4) is 0 Å². The van der Waals surface area contributed by atoms with Gasteiger partial charge in [-0.3, -0.25) is 4.79 Å². The lowest BCUT2D eigenvalue weighted by molar-refractivity contribution is -0.120. The number of rotatable bonds is 4. The summed E-state index contributed by atoms with van der Waals surface area (Å²) >= 11 is 0. The lowest BCUT2D eigenvalue weighted by atomic mass is 10.1. The molecule has 0 spiro atoms. The van der Waals surface area contributed by atoms with Crippen molar-refractivity contribution < 1.29 is 9.90 Å². The van der Waals surface area contributed by atoms with Gasteiger partial charge in [0.05, 0.1) is 29.9 Å². The first kappa shape index (κ1) is 16.2. The van der Waals surface area contributed by atoms with Crippen LogP contribution in [0.5, 0.6) is 0 Å². The Morgan fingerprint density at radius 1 is 1.29 bits per heavy atom. The van der Waals surface area contributed by atoms with Crippen molar-refractivity contribution in [1.82, 2.24) is 9.78 Å². The Kier molecular flexibility index (Phi) is 4.36. The molecule has 0 aliphatic rings. The highest BCUT2D eigenvalue weighted by Crippen LogP contribution is 2.26. The zero-order chi connectivity index (χ0) is 17.3. The number of carbonyl (C=O) groups is 1. The molecule has 3 aromatic rings. The Balaban J connectivity index is 2.05. The van der Waals surface area contributed by atoms with Gasteiger partial charge in [0.15, 0.2) is 0 Å². The van der Waals surface area contributed by atoms with Gasteiger partial charge in [-0.2, -0.15) is 5.10 Å². The molecule has 24 heavy (non-hydrogen) atoms. The molecule has 0 fully saturated rings. The summed E-state index contributed by atoms with van der Waals surface area (Å²) in [4.78, 5) is 12.1. The molecule has 0 unspecified atom stereocenters. The van der Waals surface area contributed by atoms with Crippen LogP contribution in [-0.4, -0.2) is 27.4 Å². The topological polar surface area (TPSA) is 67.2 Å². The van der Waals surface area contributed by atoms with Gasteiger partial charge in [0.2, 0.25) is 5.91 Å². The van der Waals surface area contributed by atoms with Crippen LogP contribution >= 0.6 is 0 Å². The maximum absolute atomic E-state index is 12.1. The smallest absolute Gasteiger partial charge is 0.229 e. The lowest BCUT2D eigenvalue weighted by Crippen LogP contribution is -2.23. The first-order chi connectivity index (χ1) is 11.5. The molecule has 1 amide bonds. The Morgan fingerprint density at radius 3 is 2.79 bits per heavy atom. The molecular formula is C19H21N3O2. The van der Waals surface area contributed by atoms with Gasteiger partial charge < -0.3 is 10.4 Å². The number of carbonyl (C=O) groups excluding carboxylic acids is 1. The minimum Gasteiger partial charge on any atom is -0.396 e. The number of anilines is 1. The van der Waals surface area contributed by atoms with Gasteiger partial charge in [-0.15, -0.1) is 0 Å². The first-order valence-electron chi connectivity index (χ1n) is 7.96. The van der Waals surface area contributed by atoms with E-state index in [1.165, 1.54) is 0 Å². The highest BCUT2D eigenvalue weighted by Gasteiger charge is 2.14. The number of aliphatic hydroxyl groups is 1. The van der Waals surface area contributed by atoms with Gasteiger partial charge in [0, 0.05) is 11.1 Å². The Labute approximate surface area is 140 Å². The summed E-state index contributed by atoms with van der Waals surface area (Å²) in [6.07, 6.45) is 1.83. The van der Waals surface area contributed by atoms with E-state index in [-0.39, 0.29) is 12.5 Å². The van der Waals surface area contributed by atoms with Crippen molar-refractivity contribution >= 4 is 22.5 Å². The van der Waals surface area contributed by atoms with Crippen LogP contribution in [0, 0.1) is 19.8 Å². The molecule has 0 radical (unpaired) electrons. The third-order valence-corrected chi connectivity index (χ3v) is 4.14. The molecule has 5 heteroatoms. The van der Waals surface area contributed by atoms with Crippen molar-refractivity contribution in [2.24, 2.45) is 5.92 Å². The number of nitrogens with zero attached hydrogens (tertiary/aromatic N) is 2. The average molecular weight is 323 g/mol. The highest BCUT2D eigenvalue weighted by atomic mass is 16.3. The van der Waals surface area contributed by atoms with E-state index in [2.05, 4.69) is 16.5 Å². The number of amides is 1. The summed E-state index contributed by atoms with van der Waals surface area (Å²) in [6, 6.07) is 12.1.